The Balaban J connectivity index is 0.000000640. The van der Waals surface area contributed by atoms with E-state index in [0.717, 1.165) is 4.88 Å². The molecule has 0 radical (unpaired) electrons. The monoisotopic (exact) mass is 212 g/mol. The minimum absolute atomic E-state index is 0. The van der Waals surface area contributed by atoms with Crippen LogP contribution >= 0.6 is 11.5 Å². The van der Waals surface area contributed by atoms with Gasteiger partial charge in [-0.15, -0.1) is 9.37 Å². The maximum Gasteiger partial charge on any atom is 1.00 e. The molecule has 0 aromatic carbocycles. The van der Waals surface area contributed by atoms with E-state index in [9.17, 15) is 0 Å². The first-order valence-electron chi connectivity index (χ1n) is 2.50. The predicted octanol–water partition coefficient (Wildman–Crippen LogP) is -1.53. The van der Waals surface area contributed by atoms with Crippen LogP contribution in [-0.2, 0) is 0 Å². The van der Waals surface area contributed by atoms with Crippen LogP contribution in [0.1, 0.15) is 24.6 Å². The summed E-state index contributed by atoms with van der Waals surface area (Å²) in [6, 6.07) is 0. The van der Waals surface area contributed by atoms with E-state index in [0.29, 0.717) is 5.92 Å². The molecule has 0 aliphatic heterocycles. The van der Waals surface area contributed by atoms with Gasteiger partial charge in [0.25, 0.3) is 0 Å². The van der Waals surface area contributed by atoms with Gasteiger partial charge in [0.1, 0.15) is 0 Å². The Labute approximate surface area is 108 Å². The Morgan fingerprint density at radius 1 is 1.56 bits per heavy atom. The van der Waals surface area contributed by atoms with Gasteiger partial charge < -0.3 is 11.3 Å². The summed E-state index contributed by atoms with van der Waals surface area (Å²) in [6.45, 7) is 4.21. The summed E-state index contributed by atoms with van der Waals surface area (Å²) < 4.78 is 3.68. The molecule has 0 atom stereocenters. The van der Waals surface area contributed by atoms with Gasteiger partial charge in [-0.25, -0.2) is 0 Å². The van der Waals surface area contributed by atoms with Crippen LogP contribution in [0.2, 0.25) is 0 Å². The van der Waals surface area contributed by atoms with Gasteiger partial charge in [0, 0.05) is 0 Å². The van der Waals surface area contributed by atoms with E-state index in [-0.39, 0.29) is 58.2 Å². The van der Waals surface area contributed by atoms with Crippen molar-refractivity contribution in [2.24, 2.45) is 0 Å². The largest absolute Gasteiger partial charge is 1.00 e. The Bertz CT molecular complexity index is 150. The van der Waals surface area contributed by atoms with Crippen molar-refractivity contribution in [3.05, 3.63) is 11.1 Å². The number of hydrogen-bond donors (Lipinski definition) is 0. The molecule has 0 amide bonds. The summed E-state index contributed by atoms with van der Waals surface area (Å²) in [6.07, 6.45) is 2.79. The minimum atomic E-state index is 0. The second-order valence-electron chi connectivity index (χ2n) is 1.90. The Kier molecular flexibility index (Phi) is 5.84. The maximum absolute atomic E-state index is 3.68. The molecule has 0 bridgehead atoms. The fraction of sp³-hybridized carbons (Fsp3) is 0.600. The van der Waals surface area contributed by atoms with Crippen LogP contribution in [0, 0.1) is 6.20 Å². The van der Waals surface area contributed by atoms with Crippen molar-refractivity contribution < 1.29 is 58.2 Å². The summed E-state index contributed by atoms with van der Waals surface area (Å²) in [7, 11) is 0. The minimum Gasteiger partial charge on any atom is -0.359 e. The average molecular weight is 213 g/mol. The van der Waals surface area contributed by atoms with Gasteiger partial charge >= 0.3 is 58.2 Å². The molecule has 1 rings (SSSR count). The van der Waals surface area contributed by atoms with Gasteiger partial charge in [0.2, 0.25) is 0 Å². The zero-order valence-electron chi connectivity index (χ0n) is 5.88. The van der Waals surface area contributed by atoms with Crippen molar-refractivity contribution in [2.75, 3.05) is 0 Å². The number of aromatic nitrogens is 2. The van der Waals surface area contributed by atoms with Gasteiger partial charge in [-0.05, 0) is 5.92 Å². The van der Waals surface area contributed by atoms with Crippen molar-refractivity contribution in [2.45, 2.75) is 19.8 Å². The third kappa shape index (κ3) is 3.32. The van der Waals surface area contributed by atoms with Crippen LogP contribution in [-0.4, -0.2) is 9.59 Å². The quantitative estimate of drug-likeness (QED) is 0.528. The molecule has 0 spiro atoms. The molecule has 0 aliphatic rings. The summed E-state index contributed by atoms with van der Waals surface area (Å²) in [5.74, 6) is 0.523. The fourth-order valence-corrected chi connectivity index (χ4v) is 0.851. The molecule has 0 saturated heterocycles. The van der Waals surface area contributed by atoms with Gasteiger partial charge in [0.05, 0.1) is 0 Å². The van der Waals surface area contributed by atoms with Crippen molar-refractivity contribution >= 4 is 11.5 Å². The molecule has 0 saturated carbocycles. The molecule has 0 unspecified atom stereocenters. The van der Waals surface area contributed by atoms with Crippen molar-refractivity contribution in [1.82, 2.24) is 9.59 Å². The molecule has 0 N–H and O–H groups in total. The molecule has 4 heteroatoms. The smallest absolute Gasteiger partial charge is 0.359 e. The van der Waals surface area contributed by atoms with Crippen molar-refractivity contribution in [3.63, 3.8) is 0 Å². The summed E-state index contributed by atoms with van der Waals surface area (Å²) in [5.41, 5.74) is 0. The van der Waals surface area contributed by atoms with Crippen LogP contribution < -0.4 is 58.2 Å². The SMILES string of the molecule is CC(C)c1[c-]nns1.[Rb+]. The molecule has 44 valence electrons. The molecule has 1 heterocycles. The first-order chi connectivity index (χ1) is 3.80. The Morgan fingerprint density at radius 3 is 2.44 bits per heavy atom. The zero-order chi connectivity index (χ0) is 5.98. The third-order valence-electron chi connectivity index (χ3n) is 0.865. The van der Waals surface area contributed by atoms with Gasteiger partial charge in [-0.3, -0.25) is 0 Å². The topological polar surface area (TPSA) is 25.8 Å². The molecule has 2 nitrogen and oxygen atoms in total. The van der Waals surface area contributed by atoms with E-state index in [1.165, 1.54) is 11.5 Å². The van der Waals surface area contributed by atoms with E-state index >= 15 is 0 Å². The van der Waals surface area contributed by atoms with Crippen LogP contribution in [0.15, 0.2) is 0 Å². The van der Waals surface area contributed by atoms with Gasteiger partial charge in [-0.1, -0.05) is 25.4 Å². The van der Waals surface area contributed by atoms with Crippen molar-refractivity contribution in [1.29, 1.82) is 0 Å². The zero-order valence-corrected chi connectivity index (χ0v) is 11.6. The van der Waals surface area contributed by atoms with Gasteiger partial charge in [0.15, 0.2) is 0 Å². The van der Waals surface area contributed by atoms with Gasteiger partial charge in [-0.2, -0.15) is 0 Å². The molecule has 0 fully saturated rings. The molecule has 9 heavy (non-hydrogen) atoms. The van der Waals surface area contributed by atoms with Crippen molar-refractivity contribution in [3.8, 4) is 0 Å². The first-order valence-corrected chi connectivity index (χ1v) is 3.28. The molecule has 0 aliphatic carbocycles. The van der Waals surface area contributed by atoms with Crippen LogP contribution in [0.4, 0.5) is 0 Å². The maximum atomic E-state index is 3.68. The number of hydrogen-bond acceptors (Lipinski definition) is 3. The molecular weight excluding hydrogens is 206 g/mol. The molecule has 1 aromatic rings. The van der Waals surface area contributed by atoms with Crippen LogP contribution in [0.3, 0.4) is 0 Å². The predicted molar refractivity (Wildman–Crippen MR) is 32.8 cm³/mol. The fourth-order valence-electron chi connectivity index (χ4n) is 0.389. The molecule has 1 aromatic heterocycles. The Hall–Kier alpha value is 1.37. The summed E-state index contributed by atoms with van der Waals surface area (Å²) >= 11 is 1.41. The van der Waals surface area contributed by atoms with E-state index in [2.05, 4.69) is 29.6 Å². The van der Waals surface area contributed by atoms with E-state index in [1.807, 2.05) is 0 Å². The van der Waals surface area contributed by atoms with E-state index in [1.54, 1.807) is 0 Å². The van der Waals surface area contributed by atoms with E-state index < -0.39 is 0 Å². The van der Waals surface area contributed by atoms with Crippen LogP contribution in [0.25, 0.3) is 0 Å². The normalized spacial score (nSPS) is 9.22. The van der Waals surface area contributed by atoms with Crippen LogP contribution in [0.5, 0.6) is 0 Å². The van der Waals surface area contributed by atoms with E-state index in [4.69, 9.17) is 0 Å². The molecular formula is C5H7N2RbS. The standard InChI is InChI=1S/C5H7N2S.Rb/c1-4(2)5-3-6-7-8-5;/h4H,1-2H3;/q-1;+1. The second kappa shape index (κ2) is 5.07. The number of nitrogens with zero attached hydrogens (tertiary/aromatic N) is 2. The Morgan fingerprint density at radius 2 is 2.22 bits per heavy atom. The summed E-state index contributed by atoms with van der Waals surface area (Å²) in [4.78, 5) is 1.13. The summed E-state index contributed by atoms with van der Waals surface area (Å²) in [5, 5.41) is 3.59. The average Bonchev–Trinajstić information content (AvgIpc) is 2.12. The number of rotatable bonds is 1. The second-order valence-corrected chi connectivity index (χ2v) is 2.69. The third-order valence-corrected chi connectivity index (χ3v) is 1.79. The first kappa shape index (κ1) is 10.4.